The molecule has 0 aliphatic carbocycles. The zero-order valence-corrected chi connectivity index (χ0v) is 8.38. The molecular formula is C11H11F3N2. The lowest BCUT2D eigenvalue weighted by Gasteiger charge is -2.10. The molecule has 1 aromatic rings. The van der Waals surface area contributed by atoms with Crippen molar-refractivity contribution in [3.63, 3.8) is 0 Å². The van der Waals surface area contributed by atoms with E-state index in [9.17, 15) is 13.2 Å². The molecule has 86 valence electrons. The van der Waals surface area contributed by atoms with Gasteiger partial charge in [-0.05, 0) is 23.8 Å². The first-order valence-corrected chi connectivity index (χ1v) is 4.85. The van der Waals surface area contributed by atoms with Gasteiger partial charge in [-0.3, -0.25) is 0 Å². The highest BCUT2D eigenvalue weighted by atomic mass is 19.4. The maximum atomic E-state index is 12.3. The van der Waals surface area contributed by atoms with Gasteiger partial charge in [0.25, 0.3) is 0 Å². The molecular weight excluding hydrogens is 217 g/mol. The average molecular weight is 228 g/mol. The molecule has 0 amide bonds. The van der Waals surface area contributed by atoms with E-state index in [0.717, 1.165) is 17.7 Å². The minimum absolute atomic E-state index is 0.0577. The summed E-state index contributed by atoms with van der Waals surface area (Å²) < 4.78 is 36.9. The van der Waals surface area contributed by atoms with E-state index in [4.69, 9.17) is 5.73 Å². The van der Waals surface area contributed by atoms with E-state index in [1.165, 1.54) is 12.1 Å². The quantitative estimate of drug-likeness (QED) is 0.773. The minimum Gasteiger partial charge on any atom is -0.386 e. The van der Waals surface area contributed by atoms with Crippen LogP contribution >= 0.6 is 0 Å². The average Bonchev–Trinajstić information content (AvgIpc) is 2.64. The van der Waals surface area contributed by atoms with Gasteiger partial charge in [0, 0.05) is 12.5 Å². The smallest absolute Gasteiger partial charge is 0.386 e. The van der Waals surface area contributed by atoms with Crippen LogP contribution in [0.25, 0.3) is 0 Å². The van der Waals surface area contributed by atoms with E-state index in [1.54, 1.807) is 0 Å². The summed E-state index contributed by atoms with van der Waals surface area (Å²) in [6.07, 6.45) is -2.47. The topological polar surface area (TPSA) is 38.0 Å². The number of nitrogens with one attached hydrogen (secondary N) is 1. The van der Waals surface area contributed by atoms with Gasteiger partial charge < -0.3 is 11.1 Å². The van der Waals surface area contributed by atoms with Crippen LogP contribution in [0.2, 0.25) is 0 Å². The number of rotatable bonds is 1. The molecule has 1 aromatic carbocycles. The lowest BCUT2D eigenvalue weighted by molar-refractivity contribution is -0.137. The first kappa shape index (κ1) is 10.9. The third-order valence-electron chi connectivity index (χ3n) is 2.57. The number of benzene rings is 1. The number of halogens is 3. The summed E-state index contributed by atoms with van der Waals surface area (Å²) in [5, 5.41) is 2.93. The van der Waals surface area contributed by atoms with Gasteiger partial charge in [-0.1, -0.05) is 12.1 Å². The van der Waals surface area contributed by atoms with Crippen LogP contribution in [0.1, 0.15) is 17.0 Å². The van der Waals surface area contributed by atoms with Gasteiger partial charge >= 0.3 is 6.18 Å². The van der Waals surface area contributed by atoms with Crippen molar-refractivity contribution in [1.29, 1.82) is 0 Å². The zero-order valence-electron chi connectivity index (χ0n) is 8.38. The molecule has 1 atom stereocenters. The minimum atomic E-state index is -4.28. The predicted molar refractivity (Wildman–Crippen MR) is 54.5 cm³/mol. The van der Waals surface area contributed by atoms with E-state index < -0.39 is 11.7 Å². The second kappa shape index (κ2) is 3.73. The molecule has 0 aromatic heterocycles. The predicted octanol–water partition coefficient (Wildman–Crippen LogP) is 2.19. The highest BCUT2D eigenvalue weighted by Crippen LogP contribution is 2.30. The van der Waals surface area contributed by atoms with Crippen LogP contribution in [0.3, 0.4) is 0 Å². The standard InChI is InChI=1S/C11H11F3N2/c12-11(13,14)9-3-1-7(2-4-9)8-5-10(15)16-6-8/h1-5,8,16H,6,15H2. The van der Waals surface area contributed by atoms with E-state index in [2.05, 4.69) is 5.32 Å². The highest BCUT2D eigenvalue weighted by Gasteiger charge is 2.30. The van der Waals surface area contributed by atoms with Crippen molar-refractivity contribution >= 4 is 0 Å². The Morgan fingerprint density at radius 1 is 1.19 bits per heavy atom. The van der Waals surface area contributed by atoms with Crippen LogP contribution in [0.5, 0.6) is 0 Å². The summed E-state index contributed by atoms with van der Waals surface area (Å²) in [5.41, 5.74) is 5.74. The van der Waals surface area contributed by atoms with Gasteiger partial charge in [0.1, 0.15) is 0 Å². The van der Waals surface area contributed by atoms with Crippen LogP contribution in [0.15, 0.2) is 36.2 Å². The van der Waals surface area contributed by atoms with Gasteiger partial charge in [-0.15, -0.1) is 0 Å². The molecule has 0 radical (unpaired) electrons. The van der Waals surface area contributed by atoms with Crippen LogP contribution in [-0.4, -0.2) is 6.54 Å². The highest BCUT2D eigenvalue weighted by molar-refractivity contribution is 5.32. The Labute approximate surface area is 90.9 Å². The van der Waals surface area contributed by atoms with Gasteiger partial charge in [0.2, 0.25) is 0 Å². The second-order valence-corrected chi connectivity index (χ2v) is 3.73. The lowest BCUT2D eigenvalue weighted by atomic mass is 9.99. The molecule has 3 N–H and O–H groups in total. The number of hydrogen-bond acceptors (Lipinski definition) is 2. The fourth-order valence-electron chi connectivity index (χ4n) is 1.70. The Morgan fingerprint density at radius 3 is 2.25 bits per heavy atom. The summed E-state index contributed by atoms with van der Waals surface area (Å²) >= 11 is 0. The van der Waals surface area contributed by atoms with Crippen molar-refractivity contribution in [2.75, 3.05) is 6.54 Å². The van der Waals surface area contributed by atoms with Gasteiger partial charge in [-0.25, -0.2) is 0 Å². The monoisotopic (exact) mass is 228 g/mol. The fraction of sp³-hybridized carbons (Fsp3) is 0.273. The molecule has 1 aliphatic rings. The van der Waals surface area contributed by atoms with Crippen LogP contribution in [0.4, 0.5) is 13.2 Å². The fourth-order valence-corrected chi connectivity index (χ4v) is 1.70. The third-order valence-corrected chi connectivity index (χ3v) is 2.57. The SMILES string of the molecule is NC1=CC(c2ccc(C(F)(F)F)cc2)CN1. The second-order valence-electron chi connectivity index (χ2n) is 3.73. The van der Waals surface area contributed by atoms with Gasteiger partial charge in [0.15, 0.2) is 0 Å². The van der Waals surface area contributed by atoms with Crippen molar-refractivity contribution in [2.24, 2.45) is 5.73 Å². The lowest BCUT2D eigenvalue weighted by Crippen LogP contribution is -2.16. The first-order chi connectivity index (χ1) is 7.47. The molecule has 0 bridgehead atoms. The maximum absolute atomic E-state index is 12.3. The first-order valence-electron chi connectivity index (χ1n) is 4.85. The Kier molecular flexibility index (Phi) is 2.53. The van der Waals surface area contributed by atoms with E-state index in [-0.39, 0.29) is 5.92 Å². The van der Waals surface area contributed by atoms with Crippen molar-refractivity contribution < 1.29 is 13.2 Å². The van der Waals surface area contributed by atoms with E-state index in [1.807, 2.05) is 6.08 Å². The molecule has 5 heteroatoms. The van der Waals surface area contributed by atoms with Gasteiger partial charge in [-0.2, -0.15) is 13.2 Å². The number of nitrogens with two attached hydrogens (primary N) is 1. The van der Waals surface area contributed by atoms with Crippen LogP contribution in [0, 0.1) is 0 Å². The summed E-state index contributed by atoms with van der Waals surface area (Å²) in [7, 11) is 0. The molecule has 2 nitrogen and oxygen atoms in total. The van der Waals surface area contributed by atoms with Crippen molar-refractivity contribution in [2.45, 2.75) is 12.1 Å². The van der Waals surface area contributed by atoms with Crippen molar-refractivity contribution in [3.8, 4) is 0 Å². The molecule has 0 saturated carbocycles. The van der Waals surface area contributed by atoms with Crippen molar-refractivity contribution in [1.82, 2.24) is 5.32 Å². The molecule has 16 heavy (non-hydrogen) atoms. The summed E-state index contributed by atoms with van der Waals surface area (Å²) in [4.78, 5) is 0. The van der Waals surface area contributed by atoms with Crippen molar-refractivity contribution in [3.05, 3.63) is 47.3 Å². The molecule has 1 unspecified atom stereocenters. The zero-order chi connectivity index (χ0) is 11.8. The molecule has 0 fully saturated rings. The molecule has 0 saturated heterocycles. The summed E-state index contributed by atoms with van der Waals surface area (Å²) in [5.74, 6) is 0.632. The van der Waals surface area contributed by atoms with E-state index in [0.29, 0.717) is 12.4 Å². The Bertz CT molecular complexity index is 406. The molecule has 0 spiro atoms. The van der Waals surface area contributed by atoms with E-state index >= 15 is 0 Å². The third kappa shape index (κ3) is 2.13. The Morgan fingerprint density at radius 2 is 1.81 bits per heavy atom. The number of hydrogen-bond donors (Lipinski definition) is 2. The molecule has 1 aliphatic heterocycles. The Balaban J connectivity index is 2.20. The Hall–Kier alpha value is -1.65. The van der Waals surface area contributed by atoms with Crippen LogP contribution in [-0.2, 0) is 6.18 Å². The molecule has 1 heterocycles. The number of alkyl halides is 3. The molecule has 2 rings (SSSR count). The maximum Gasteiger partial charge on any atom is 0.416 e. The normalized spacial score (nSPS) is 20.4. The summed E-state index contributed by atoms with van der Waals surface area (Å²) in [6.45, 7) is 0.636. The van der Waals surface area contributed by atoms with Crippen LogP contribution < -0.4 is 11.1 Å². The van der Waals surface area contributed by atoms with Gasteiger partial charge in [0.05, 0.1) is 11.4 Å². The largest absolute Gasteiger partial charge is 0.416 e. The summed E-state index contributed by atoms with van der Waals surface area (Å²) in [6, 6.07) is 5.17.